The summed E-state index contributed by atoms with van der Waals surface area (Å²) in [6.07, 6.45) is 0. The van der Waals surface area contributed by atoms with E-state index in [1.165, 1.54) is 11.8 Å². The van der Waals surface area contributed by atoms with E-state index in [1.54, 1.807) is 0 Å². The summed E-state index contributed by atoms with van der Waals surface area (Å²) in [6, 6.07) is 0. The molecule has 0 rings (SSSR count). The van der Waals surface area contributed by atoms with Gasteiger partial charge in [0, 0.05) is 23.9 Å². The summed E-state index contributed by atoms with van der Waals surface area (Å²) in [5.74, 6) is -1.61. The van der Waals surface area contributed by atoms with Gasteiger partial charge in [-0.3, -0.25) is 13.8 Å². The van der Waals surface area contributed by atoms with Crippen molar-refractivity contribution in [3.05, 3.63) is 0 Å². The van der Waals surface area contributed by atoms with Crippen LogP contribution in [0.15, 0.2) is 0 Å². The topological polar surface area (TPSA) is 74.7 Å². The molecule has 1 N–H and O–H groups in total. The van der Waals surface area contributed by atoms with Crippen molar-refractivity contribution in [2.45, 2.75) is 26.0 Å². The first-order chi connectivity index (χ1) is 6.93. The van der Waals surface area contributed by atoms with Gasteiger partial charge in [0.25, 0.3) is 0 Å². The first-order valence-corrected chi connectivity index (χ1v) is 6.19. The Morgan fingerprint density at radius 3 is 2.13 bits per heavy atom. The van der Waals surface area contributed by atoms with Crippen molar-refractivity contribution >= 4 is 22.7 Å². The van der Waals surface area contributed by atoms with Crippen molar-refractivity contribution in [3.63, 3.8) is 0 Å². The minimum Gasteiger partial charge on any atom is -0.480 e. The van der Waals surface area contributed by atoms with E-state index < -0.39 is 22.0 Å². The van der Waals surface area contributed by atoms with Gasteiger partial charge >= 0.3 is 5.97 Å². The number of carboxylic acid groups (broad SMARTS) is 1. The first kappa shape index (κ1) is 14.1. The fourth-order valence-corrected chi connectivity index (χ4v) is 1.93. The van der Waals surface area contributed by atoms with E-state index in [1.807, 2.05) is 13.8 Å². The molecule has 0 radical (unpaired) electrons. The second-order valence-electron chi connectivity index (χ2n) is 3.07. The SMILES string of the molecule is CCN(CC)C(=O)CS(=O)C(C)C(=O)O. The highest BCUT2D eigenvalue weighted by Gasteiger charge is 2.22. The third-order valence-corrected chi connectivity index (χ3v) is 3.65. The average Bonchev–Trinajstić information content (AvgIpc) is 2.18. The number of carbonyl (C=O) groups excluding carboxylic acids is 1. The zero-order valence-corrected chi connectivity index (χ0v) is 10.0. The predicted molar refractivity (Wildman–Crippen MR) is 58.0 cm³/mol. The number of hydrogen-bond donors (Lipinski definition) is 1. The van der Waals surface area contributed by atoms with Crippen LogP contribution in [0.1, 0.15) is 20.8 Å². The van der Waals surface area contributed by atoms with Crippen LogP contribution < -0.4 is 0 Å². The van der Waals surface area contributed by atoms with Gasteiger partial charge in [0.1, 0.15) is 11.0 Å². The van der Waals surface area contributed by atoms with E-state index in [2.05, 4.69) is 0 Å². The highest BCUT2D eigenvalue weighted by atomic mass is 32.2. The Balaban J connectivity index is 4.29. The summed E-state index contributed by atoms with van der Waals surface area (Å²) in [7, 11) is -1.64. The maximum Gasteiger partial charge on any atom is 0.318 e. The lowest BCUT2D eigenvalue weighted by atomic mass is 10.5. The number of aliphatic carboxylic acids is 1. The van der Waals surface area contributed by atoms with Crippen LogP contribution in [0, 0.1) is 0 Å². The van der Waals surface area contributed by atoms with E-state index in [9.17, 15) is 13.8 Å². The molecule has 2 unspecified atom stereocenters. The molecule has 0 spiro atoms. The largest absolute Gasteiger partial charge is 0.480 e. The summed E-state index contributed by atoms with van der Waals surface area (Å²) in [5.41, 5.74) is 0. The molecule has 0 fully saturated rings. The molecule has 88 valence electrons. The molecule has 0 aliphatic carbocycles. The maximum atomic E-state index is 11.5. The zero-order valence-electron chi connectivity index (χ0n) is 9.23. The summed E-state index contributed by atoms with van der Waals surface area (Å²) >= 11 is 0. The summed E-state index contributed by atoms with van der Waals surface area (Å²) < 4.78 is 11.4. The smallest absolute Gasteiger partial charge is 0.318 e. The van der Waals surface area contributed by atoms with Crippen LogP contribution in [0.3, 0.4) is 0 Å². The average molecular weight is 235 g/mol. The Hall–Kier alpha value is -0.910. The van der Waals surface area contributed by atoms with Crippen LogP contribution in [0.5, 0.6) is 0 Å². The number of amides is 1. The Labute approximate surface area is 91.9 Å². The van der Waals surface area contributed by atoms with E-state index in [4.69, 9.17) is 5.11 Å². The minimum atomic E-state index is -1.64. The van der Waals surface area contributed by atoms with Gasteiger partial charge in [-0.25, -0.2) is 0 Å². The lowest BCUT2D eigenvalue weighted by Crippen LogP contribution is -2.37. The molecule has 0 heterocycles. The van der Waals surface area contributed by atoms with Gasteiger partial charge < -0.3 is 10.0 Å². The van der Waals surface area contributed by atoms with E-state index in [0.29, 0.717) is 13.1 Å². The number of hydrogen-bond acceptors (Lipinski definition) is 3. The lowest BCUT2D eigenvalue weighted by molar-refractivity contribution is -0.136. The summed E-state index contributed by atoms with van der Waals surface area (Å²) in [4.78, 5) is 23.5. The fraction of sp³-hybridized carbons (Fsp3) is 0.778. The van der Waals surface area contributed by atoms with E-state index in [0.717, 1.165) is 0 Å². The summed E-state index contributed by atoms with van der Waals surface area (Å²) in [5, 5.41) is 7.60. The number of carbonyl (C=O) groups is 2. The molecule has 0 aromatic heterocycles. The molecule has 0 aliphatic heterocycles. The van der Waals surface area contributed by atoms with Crippen LogP contribution in [0.2, 0.25) is 0 Å². The van der Waals surface area contributed by atoms with Gasteiger partial charge in [-0.05, 0) is 20.8 Å². The van der Waals surface area contributed by atoms with E-state index in [-0.39, 0.29) is 11.7 Å². The standard InChI is InChI=1S/C9H17NO4S/c1-4-10(5-2)8(11)6-15(14)7(3)9(12)13/h7H,4-6H2,1-3H3,(H,12,13). The monoisotopic (exact) mass is 235 g/mol. The molecule has 1 amide bonds. The highest BCUT2D eigenvalue weighted by Crippen LogP contribution is 1.99. The Morgan fingerprint density at radius 2 is 1.80 bits per heavy atom. The van der Waals surface area contributed by atoms with Gasteiger partial charge in [0.2, 0.25) is 5.91 Å². The van der Waals surface area contributed by atoms with Crippen LogP contribution in [-0.2, 0) is 20.4 Å². The molecule has 0 aromatic rings. The first-order valence-electron chi connectivity index (χ1n) is 4.81. The van der Waals surface area contributed by atoms with Gasteiger partial charge in [-0.2, -0.15) is 0 Å². The molecule has 6 heteroatoms. The molecule has 0 aliphatic rings. The van der Waals surface area contributed by atoms with Crippen LogP contribution in [0.4, 0.5) is 0 Å². The predicted octanol–water partition coefficient (Wildman–Crippen LogP) is 0.0766. The Kier molecular flexibility index (Phi) is 6.15. The second kappa shape index (κ2) is 6.55. The number of rotatable bonds is 6. The van der Waals surface area contributed by atoms with Crippen molar-refractivity contribution in [3.8, 4) is 0 Å². The van der Waals surface area contributed by atoms with Crippen molar-refractivity contribution in [2.75, 3.05) is 18.8 Å². The highest BCUT2D eigenvalue weighted by molar-refractivity contribution is 7.87. The number of carboxylic acids is 1. The fourth-order valence-electron chi connectivity index (χ4n) is 1.03. The van der Waals surface area contributed by atoms with Gasteiger partial charge in [0.15, 0.2) is 0 Å². The molecule has 0 aromatic carbocycles. The Bertz CT molecular complexity index is 263. The molecule has 5 nitrogen and oxygen atoms in total. The van der Waals surface area contributed by atoms with Crippen molar-refractivity contribution in [2.24, 2.45) is 0 Å². The third-order valence-electron chi connectivity index (χ3n) is 2.12. The zero-order chi connectivity index (χ0) is 12.0. The molecule has 0 bridgehead atoms. The second-order valence-corrected chi connectivity index (χ2v) is 4.83. The van der Waals surface area contributed by atoms with Gasteiger partial charge in [0.05, 0.1) is 0 Å². The van der Waals surface area contributed by atoms with Crippen LogP contribution in [-0.4, -0.2) is 50.2 Å². The molecular formula is C9H17NO4S. The molecule has 2 atom stereocenters. The molecule has 0 saturated heterocycles. The lowest BCUT2D eigenvalue weighted by Gasteiger charge is -2.18. The normalized spacial score (nSPS) is 14.3. The molecular weight excluding hydrogens is 218 g/mol. The van der Waals surface area contributed by atoms with Crippen molar-refractivity contribution < 1.29 is 18.9 Å². The Morgan fingerprint density at radius 1 is 1.33 bits per heavy atom. The summed E-state index contributed by atoms with van der Waals surface area (Å²) in [6.45, 7) is 6.09. The quantitative estimate of drug-likeness (QED) is 0.707. The van der Waals surface area contributed by atoms with Crippen LogP contribution >= 0.6 is 0 Å². The van der Waals surface area contributed by atoms with Crippen molar-refractivity contribution in [1.82, 2.24) is 4.90 Å². The third kappa shape index (κ3) is 4.42. The maximum absolute atomic E-state index is 11.5. The number of nitrogens with zero attached hydrogens (tertiary/aromatic N) is 1. The van der Waals surface area contributed by atoms with Crippen LogP contribution in [0.25, 0.3) is 0 Å². The van der Waals surface area contributed by atoms with Gasteiger partial charge in [-0.1, -0.05) is 0 Å². The van der Waals surface area contributed by atoms with E-state index >= 15 is 0 Å². The minimum absolute atomic E-state index is 0.213. The van der Waals surface area contributed by atoms with Crippen molar-refractivity contribution in [1.29, 1.82) is 0 Å². The van der Waals surface area contributed by atoms with Gasteiger partial charge in [-0.15, -0.1) is 0 Å². The molecule has 0 saturated carbocycles. The molecule has 15 heavy (non-hydrogen) atoms.